The molecule has 114 valence electrons. The van der Waals surface area contributed by atoms with Crippen molar-refractivity contribution in [2.45, 2.75) is 33.2 Å². The molecule has 6 heteroatoms. The maximum absolute atomic E-state index is 12.1. The number of nitrogens with one attached hydrogen (secondary N) is 2. The highest BCUT2D eigenvalue weighted by Crippen LogP contribution is 2.12. The first kappa shape index (κ1) is 16.7. The predicted molar refractivity (Wildman–Crippen MR) is 80.6 cm³/mol. The standard InChI is InChI=1S/C15H21N3O3/c1-9(2)7-13(14(16)20)18-15(21)11-5-4-6-12(8-11)17-10(3)19/h4-6,8-9,13H,7H2,1-3H3,(H2,16,20)(H,17,19)(H,18,21)/t13-/m0/s1. The van der Waals surface area contributed by atoms with Gasteiger partial charge in [0.15, 0.2) is 0 Å². The lowest BCUT2D eigenvalue weighted by atomic mass is 10.0. The second-order valence-electron chi connectivity index (χ2n) is 5.32. The van der Waals surface area contributed by atoms with Crippen LogP contribution >= 0.6 is 0 Å². The van der Waals surface area contributed by atoms with Gasteiger partial charge in [-0.3, -0.25) is 14.4 Å². The minimum atomic E-state index is -0.707. The molecule has 1 atom stereocenters. The molecule has 0 bridgehead atoms. The number of benzene rings is 1. The van der Waals surface area contributed by atoms with Crippen molar-refractivity contribution in [2.24, 2.45) is 11.7 Å². The summed E-state index contributed by atoms with van der Waals surface area (Å²) in [7, 11) is 0. The Morgan fingerprint density at radius 3 is 2.43 bits per heavy atom. The zero-order chi connectivity index (χ0) is 16.0. The molecule has 1 rings (SSSR count). The van der Waals surface area contributed by atoms with Crippen LogP contribution in [0.4, 0.5) is 5.69 Å². The van der Waals surface area contributed by atoms with Crippen LogP contribution in [0.15, 0.2) is 24.3 Å². The minimum Gasteiger partial charge on any atom is -0.368 e. The van der Waals surface area contributed by atoms with E-state index in [1.807, 2.05) is 13.8 Å². The SMILES string of the molecule is CC(=O)Nc1cccc(C(=O)N[C@@H](CC(C)C)C(N)=O)c1. The van der Waals surface area contributed by atoms with Crippen molar-refractivity contribution in [1.82, 2.24) is 5.32 Å². The molecular formula is C15H21N3O3. The fraction of sp³-hybridized carbons (Fsp3) is 0.400. The van der Waals surface area contributed by atoms with E-state index in [0.29, 0.717) is 17.7 Å². The third kappa shape index (κ3) is 5.64. The van der Waals surface area contributed by atoms with Crippen LogP contribution in [0.3, 0.4) is 0 Å². The van der Waals surface area contributed by atoms with Crippen molar-refractivity contribution in [1.29, 1.82) is 0 Å². The van der Waals surface area contributed by atoms with Crippen molar-refractivity contribution in [3.8, 4) is 0 Å². The van der Waals surface area contributed by atoms with Gasteiger partial charge >= 0.3 is 0 Å². The fourth-order valence-corrected chi connectivity index (χ4v) is 1.90. The average Bonchev–Trinajstić information content (AvgIpc) is 2.36. The Balaban J connectivity index is 2.82. The summed E-state index contributed by atoms with van der Waals surface area (Å²) in [5.74, 6) is -0.947. The van der Waals surface area contributed by atoms with E-state index < -0.39 is 17.9 Å². The Labute approximate surface area is 124 Å². The number of carbonyl (C=O) groups excluding carboxylic acids is 3. The highest BCUT2D eigenvalue weighted by Gasteiger charge is 2.20. The number of anilines is 1. The molecule has 0 saturated heterocycles. The number of nitrogens with two attached hydrogens (primary N) is 1. The van der Waals surface area contributed by atoms with Gasteiger partial charge < -0.3 is 16.4 Å². The van der Waals surface area contributed by atoms with E-state index in [2.05, 4.69) is 10.6 Å². The van der Waals surface area contributed by atoms with Gasteiger partial charge in [0.05, 0.1) is 0 Å². The third-order valence-corrected chi connectivity index (χ3v) is 2.80. The molecule has 0 aliphatic rings. The molecular weight excluding hydrogens is 270 g/mol. The molecule has 0 aliphatic heterocycles. The van der Waals surface area contributed by atoms with Crippen LogP contribution in [0.25, 0.3) is 0 Å². The van der Waals surface area contributed by atoms with Crippen LogP contribution in [-0.2, 0) is 9.59 Å². The number of amides is 3. The largest absolute Gasteiger partial charge is 0.368 e. The lowest BCUT2D eigenvalue weighted by Gasteiger charge is -2.17. The molecule has 0 heterocycles. The molecule has 4 N–H and O–H groups in total. The molecule has 21 heavy (non-hydrogen) atoms. The van der Waals surface area contributed by atoms with Gasteiger partial charge in [0.1, 0.15) is 6.04 Å². The minimum absolute atomic E-state index is 0.220. The number of rotatable bonds is 6. The van der Waals surface area contributed by atoms with E-state index in [9.17, 15) is 14.4 Å². The van der Waals surface area contributed by atoms with Crippen LogP contribution in [0.5, 0.6) is 0 Å². The summed E-state index contributed by atoms with van der Waals surface area (Å²) in [5, 5.41) is 5.22. The molecule has 1 aromatic carbocycles. The van der Waals surface area contributed by atoms with Crippen LogP contribution < -0.4 is 16.4 Å². The van der Waals surface area contributed by atoms with Gasteiger partial charge in [-0.05, 0) is 30.5 Å². The van der Waals surface area contributed by atoms with Gasteiger partial charge in [-0.15, -0.1) is 0 Å². The normalized spacial score (nSPS) is 11.8. The van der Waals surface area contributed by atoms with E-state index in [4.69, 9.17) is 5.73 Å². The fourth-order valence-electron chi connectivity index (χ4n) is 1.90. The summed E-state index contributed by atoms with van der Waals surface area (Å²) in [4.78, 5) is 34.5. The highest BCUT2D eigenvalue weighted by atomic mass is 16.2. The Kier molecular flexibility index (Phi) is 5.90. The molecule has 1 aromatic rings. The zero-order valence-electron chi connectivity index (χ0n) is 12.5. The molecule has 0 aromatic heterocycles. The van der Waals surface area contributed by atoms with Crippen molar-refractivity contribution in [3.63, 3.8) is 0 Å². The summed E-state index contributed by atoms with van der Waals surface area (Å²) >= 11 is 0. The molecule has 3 amide bonds. The van der Waals surface area contributed by atoms with Crippen molar-refractivity contribution < 1.29 is 14.4 Å². The smallest absolute Gasteiger partial charge is 0.252 e. The van der Waals surface area contributed by atoms with Gasteiger partial charge in [-0.25, -0.2) is 0 Å². The Morgan fingerprint density at radius 1 is 1.24 bits per heavy atom. The molecule has 0 fully saturated rings. The van der Waals surface area contributed by atoms with E-state index in [1.165, 1.54) is 6.92 Å². The molecule has 0 spiro atoms. The average molecular weight is 291 g/mol. The van der Waals surface area contributed by atoms with E-state index in [0.717, 1.165) is 0 Å². The van der Waals surface area contributed by atoms with Crippen molar-refractivity contribution in [3.05, 3.63) is 29.8 Å². The number of hydrogen-bond acceptors (Lipinski definition) is 3. The Morgan fingerprint density at radius 2 is 1.90 bits per heavy atom. The van der Waals surface area contributed by atoms with Crippen LogP contribution in [0.2, 0.25) is 0 Å². The van der Waals surface area contributed by atoms with Gasteiger partial charge in [-0.1, -0.05) is 19.9 Å². The van der Waals surface area contributed by atoms with Gasteiger partial charge in [0, 0.05) is 18.2 Å². The topological polar surface area (TPSA) is 101 Å². The second-order valence-corrected chi connectivity index (χ2v) is 5.32. The molecule has 0 saturated carbocycles. The van der Waals surface area contributed by atoms with Crippen molar-refractivity contribution in [2.75, 3.05) is 5.32 Å². The molecule has 0 radical (unpaired) electrons. The van der Waals surface area contributed by atoms with Crippen molar-refractivity contribution >= 4 is 23.4 Å². The number of hydrogen-bond donors (Lipinski definition) is 3. The first-order valence-corrected chi connectivity index (χ1v) is 6.77. The summed E-state index contributed by atoms with van der Waals surface area (Å²) in [6.45, 7) is 5.28. The van der Waals surface area contributed by atoms with Gasteiger partial charge in [0.25, 0.3) is 5.91 Å². The van der Waals surface area contributed by atoms with Crippen LogP contribution in [0.1, 0.15) is 37.6 Å². The Bertz CT molecular complexity index is 541. The molecule has 0 unspecified atom stereocenters. The first-order valence-electron chi connectivity index (χ1n) is 6.77. The maximum atomic E-state index is 12.1. The summed E-state index contributed by atoms with van der Waals surface area (Å²) < 4.78 is 0. The van der Waals surface area contributed by atoms with Crippen LogP contribution in [0, 0.1) is 5.92 Å². The van der Waals surface area contributed by atoms with E-state index in [-0.39, 0.29) is 11.8 Å². The monoisotopic (exact) mass is 291 g/mol. The van der Waals surface area contributed by atoms with Crippen LogP contribution in [-0.4, -0.2) is 23.8 Å². The Hall–Kier alpha value is -2.37. The number of carbonyl (C=O) groups is 3. The number of primary amides is 1. The van der Waals surface area contributed by atoms with E-state index in [1.54, 1.807) is 24.3 Å². The second kappa shape index (κ2) is 7.42. The summed E-state index contributed by atoms with van der Waals surface area (Å²) in [5.41, 5.74) is 6.18. The summed E-state index contributed by atoms with van der Waals surface area (Å²) in [6, 6.07) is 5.78. The summed E-state index contributed by atoms with van der Waals surface area (Å²) in [6.07, 6.45) is 0.479. The molecule has 6 nitrogen and oxygen atoms in total. The zero-order valence-corrected chi connectivity index (χ0v) is 12.5. The molecule has 0 aliphatic carbocycles. The predicted octanol–water partition coefficient (Wildman–Crippen LogP) is 1.27. The van der Waals surface area contributed by atoms with E-state index >= 15 is 0 Å². The lowest BCUT2D eigenvalue weighted by Crippen LogP contribution is -2.45. The van der Waals surface area contributed by atoms with Gasteiger partial charge in [0.2, 0.25) is 11.8 Å². The quantitative estimate of drug-likeness (QED) is 0.735. The highest BCUT2D eigenvalue weighted by molar-refractivity contribution is 5.99. The maximum Gasteiger partial charge on any atom is 0.252 e. The first-order chi connectivity index (χ1) is 9.79. The lowest BCUT2D eigenvalue weighted by molar-refractivity contribution is -0.120. The van der Waals surface area contributed by atoms with Gasteiger partial charge in [-0.2, -0.15) is 0 Å². The third-order valence-electron chi connectivity index (χ3n) is 2.80.